The number of nitrogens with two attached hydrogens (primary N) is 1. The van der Waals surface area contributed by atoms with Crippen LogP contribution in [0.5, 0.6) is 0 Å². The monoisotopic (exact) mass is 211 g/mol. The molecule has 0 aromatic rings. The molecule has 1 saturated heterocycles. The number of hydrogen-bond donors (Lipinski definition) is 1. The van der Waals surface area contributed by atoms with Crippen molar-refractivity contribution in [1.82, 2.24) is 4.90 Å². The Morgan fingerprint density at radius 1 is 1.33 bits per heavy atom. The second-order valence-corrected chi connectivity index (χ2v) is 4.52. The van der Waals surface area contributed by atoms with E-state index >= 15 is 0 Å². The van der Waals surface area contributed by atoms with Crippen LogP contribution < -0.4 is 5.73 Å². The molecular weight excluding hydrogens is 190 g/mol. The van der Waals surface area contributed by atoms with Crippen molar-refractivity contribution in [2.75, 3.05) is 20.2 Å². The summed E-state index contributed by atoms with van der Waals surface area (Å²) in [5.41, 5.74) is 6.00. The molecule has 2 rings (SSSR count). The molecule has 0 radical (unpaired) electrons. The average Bonchev–Trinajstić information content (AvgIpc) is 2.86. The van der Waals surface area contributed by atoms with Crippen molar-refractivity contribution in [1.29, 1.82) is 0 Å². The highest BCUT2D eigenvalue weighted by Gasteiger charge is 2.24. The molecule has 15 heavy (non-hydrogen) atoms. The molecule has 1 aliphatic heterocycles. The number of nitrogens with zero attached hydrogens (tertiary/aromatic N) is 2. The Kier molecular flexibility index (Phi) is 3.46. The Balaban J connectivity index is 1.87. The maximum Gasteiger partial charge on any atom is 0.191 e. The van der Waals surface area contributed by atoms with E-state index in [1.807, 2.05) is 0 Å². The fraction of sp³-hybridized carbons (Fsp3) is 0.909. The maximum absolute atomic E-state index is 6.00. The van der Waals surface area contributed by atoms with Crippen LogP contribution >= 0.6 is 0 Å². The SMILES string of the molecule is COC1CCN(C(N)=NC2CCCC2)C1. The van der Waals surface area contributed by atoms with E-state index in [0.29, 0.717) is 12.1 Å². The Morgan fingerprint density at radius 2 is 2.07 bits per heavy atom. The van der Waals surface area contributed by atoms with Crippen molar-refractivity contribution < 1.29 is 4.74 Å². The van der Waals surface area contributed by atoms with Crippen molar-refractivity contribution in [3.05, 3.63) is 0 Å². The lowest BCUT2D eigenvalue weighted by molar-refractivity contribution is 0.114. The Hall–Kier alpha value is -0.770. The van der Waals surface area contributed by atoms with Crippen LogP contribution in [0.3, 0.4) is 0 Å². The van der Waals surface area contributed by atoms with E-state index in [0.717, 1.165) is 25.5 Å². The summed E-state index contributed by atoms with van der Waals surface area (Å²) in [6.45, 7) is 1.89. The largest absolute Gasteiger partial charge is 0.380 e. The lowest BCUT2D eigenvalue weighted by Gasteiger charge is -2.18. The van der Waals surface area contributed by atoms with E-state index < -0.39 is 0 Å². The van der Waals surface area contributed by atoms with Crippen molar-refractivity contribution in [3.63, 3.8) is 0 Å². The third kappa shape index (κ3) is 2.62. The van der Waals surface area contributed by atoms with E-state index in [4.69, 9.17) is 10.5 Å². The first-order chi connectivity index (χ1) is 7.29. The summed E-state index contributed by atoms with van der Waals surface area (Å²) in [6.07, 6.45) is 6.44. The van der Waals surface area contributed by atoms with Gasteiger partial charge in [-0.2, -0.15) is 0 Å². The van der Waals surface area contributed by atoms with Gasteiger partial charge in [0.15, 0.2) is 5.96 Å². The quantitative estimate of drug-likeness (QED) is 0.547. The minimum Gasteiger partial charge on any atom is -0.380 e. The maximum atomic E-state index is 6.00. The number of methoxy groups -OCH3 is 1. The Labute approximate surface area is 91.5 Å². The average molecular weight is 211 g/mol. The Bertz CT molecular complexity index is 236. The molecule has 1 aliphatic carbocycles. The number of ether oxygens (including phenoxy) is 1. The highest BCUT2D eigenvalue weighted by Crippen LogP contribution is 2.21. The molecule has 0 bridgehead atoms. The molecule has 2 fully saturated rings. The number of rotatable bonds is 2. The summed E-state index contributed by atoms with van der Waals surface area (Å²) < 4.78 is 5.31. The van der Waals surface area contributed by atoms with E-state index in [1.165, 1.54) is 25.7 Å². The topological polar surface area (TPSA) is 50.9 Å². The summed E-state index contributed by atoms with van der Waals surface area (Å²) in [5.74, 6) is 0.724. The predicted octanol–water partition coefficient (Wildman–Crippen LogP) is 0.964. The zero-order valence-corrected chi connectivity index (χ0v) is 9.48. The minimum absolute atomic E-state index is 0.335. The highest BCUT2D eigenvalue weighted by atomic mass is 16.5. The standard InChI is InChI=1S/C11H21N3O/c1-15-10-6-7-14(8-10)11(12)13-9-4-2-3-5-9/h9-10H,2-8H2,1H3,(H2,12,13). The smallest absolute Gasteiger partial charge is 0.191 e. The lowest BCUT2D eigenvalue weighted by atomic mass is 10.3. The van der Waals surface area contributed by atoms with Gasteiger partial charge in [-0.25, -0.2) is 4.99 Å². The fourth-order valence-corrected chi connectivity index (χ4v) is 2.43. The van der Waals surface area contributed by atoms with Gasteiger partial charge in [0.1, 0.15) is 0 Å². The number of aliphatic imine (C=N–C) groups is 1. The van der Waals surface area contributed by atoms with E-state index in [9.17, 15) is 0 Å². The van der Waals surface area contributed by atoms with Crippen molar-refractivity contribution >= 4 is 5.96 Å². The van der Waals surface area contributed by atoms with Crippen molar-refractivity contribution in [2.24, 2.45) is 10.7 Å². The third-order valence-electron chi connectivity index (χ3n) is 3.44. The summed E-state index contributed by atoms with van der Waals surface area (Å²) in [6, 6.07) is 0.478. The van der Waals surface area contributed by atoms with Gasteiger partial charge < -0.3 is 15.4 Å². The molecule has 0 amide bonds. The summed E-state index contributed by atoms with van der Waals surface area (Å²) in [7, 11) is 1.76. The van der Waals surface area contributed by atoms with Crippen LogP contribution in [0.1, 0.15) is 32.1 Å². The summed E-state index contributed by atoms with van der Waals surface area (Å²) >= 11 is 0. The molecule has 2 N–H and O–H groups in total. The van der Waals surface area contributed by atoms with Gasteiger partial charge in [-0.15, -0.1) is 0 Å². The molecule has 1 heterocycles. The van der Waals surface area contributed by atoms with Gasteiger partial charge in [0.2, 0.25) is 0 Å². The molecule has 1 atom stereocenters. The normalized spacial score (nSPS) is 29.0. The lowest BCUT2D eigenvalue weighted by Crippen LogP contribution is -2.37. The number of likely N-dealkylation sites (tertiary alicyclic amines) is 1. The van der Waals surface area contributed by atoms with E-state index in [2.05, 4.69) is 9.89 Å². The first-order valence-electron chi connectivity index (χ1n) is 5.90. The van der Waals surface area contributed by atoms with Gasteiger partial charge in [0, 0.05) is 20.2 Å². The minimum atomic E-state index is 0.335. The van der Waals surface area contributed by atoms with Crippen LogP contribution in [-0.2, 0) is 4.74 Å². The van der Waals surface area contributed by atoms with Crippen LogP contribution in [0, 0.1) is 0 Å². The van der Waals surface area contributed by atoms with Gasteiger partial charge in [-0.1, -0.05) is 12.8 Å². The zero-order chi connectivity index (χ0) is 10.7. The van der Waals surface area contributed by atoms with Crippen LogP contribution in [0.15, 0.2) is 4.99 Å². The number of guanidine groups is 1. The fourth-order valence-electron chi connectivity index (χ4n) is 2.43. The molecule has 0 aromatic heterocycles. The van der Waals surface area contributed by atoms with Gasteiger partial charge in [-0.05, 0) is 19.3 Å². The van der Waals surface area contributed by atoms with Crippen LogP contribution in [0.4, 0.5) is 0 Å². The highest BCUT2D eigenvalue weighted by molar-refractivity contribution is 5.78. The molecule has 4 heteroatoms. The van der Waals surface area contributed by atoms with Gasteiger partial charge in [0.05, 0.1) is 12.1 Å². The third-order valence-corrected chi connectivity index (χ3v) is 3.44. The molecule has 2 aliphatic rings. The van der Waals surface area contributed by atoms with Gasteiger partial charge in [-0.3, -0.25) is 0 Å². The van der Waals surface area contributed by atoms with E-state index in [-0.39, 0.29) is 0 Å². The molecule has 1 unspecified atom stereocenters. The van der Waals surface area contributed by atoms with Crippen LogP contribution in [0.25, 0.3) is 0 Å². The molecule has 0 aromatic carbocycles. The summed E-state index contributed by atoms with van der Waals surface area (Å²) in [5, 5.41) is 0. The summed E-state index contributed by atoms with van der Waals surface area (Å²) in [4.78, 5) is 6.74. The van der Waals surface area contributed by atoms with E-state index in [1.54, 1.807) is 7.11 Å². The van der Waals surface area contributed by atoms with Crippen LogP contribution in [0.2, 0.25) is 0 Å². The molecule has 0 spiro atoms. The first-order valence-corrected chi connectivity index (χ1v) is 5.90. The molecule has 4 nitrogen and oxygen atoms in total. The van der Waals surface area contributed by atoms with Gasteiger partial charge in [0.25, 0.3) is 0 Å². The second-order valence-electron chi connectivity index (χ2n) is 4.52. The van der Waals surface area contributed by atoms with Crippen molar-refractivity contribution in [2.45, 2.75) is 44.2 Å². The molecule has 86 valence electrons. The predicted molar refractivity (Wildman–Crippen MR) is 60.9 cm³/mol. The van der Waals surface area contributed by atoms with Crippen LogP contribution in [-0.4, -0.2) is 43.2 Å². The Morgan fingerprint density at radius 3 is 2.67 bits per heavy atom. The molecular formula is C11H21N3O. The second kappa shape index (κ2) is 4.84. The molecule has 1 saturated carbocycles. The number of hydrogen-bond acceptors (Lipinski definition) is 2. The first kappa shape index (κ1) is 10.7. The van der Waals surface area contributed by atoms with Gasteiger partial charge >= 0.3 is 0 Å². The van der Waals surface area contributed by atoms with Crippen molar-refractivity contribution in [3.8, 4) is 0 Å². The zero-order valence-electron chi connectivity index (χ0n) is 9.48.